The van der Waals surface area contributed by atoms with Crippen molar-refractivity contribution in [3.63, 3.8) is 0 Å². The molecule has 2 aromatic carbocycles. The Morgan fingerprint density at radius 1 is 0.949 bits per heavy atom. The zero-order valence-corrected chi connectivity index (χ0v) is 30.2. The van der Waals surface area contributed by atoms with Gasteiger partial charge in [0, 0.05) is 31.3 Å². The van der Waals surface area contributed by atoms with Crippen LogP contribution in [0.5, 0.6) is 0 Å². The van der Waals surface area contributed by atoms with Crippen molar-refractivity contribution in [2.24, 2.45) is 0 Å². The maximum Gasteiger partial charge on any atom is 2.00 e. The van der Waals surface area contributed by atoms with Crippen LogP contribution in [0.15, 0.2) is 45.3 Å². The monoisotopic (exact) mass is 828 g/mol. The quantitative estimate of drug-likeness (QED) is 0.191. The number of aryl methyl sites for hydroxylation is 2. The van der Waals surface area contributed by atoms with Gasteiger partial charge in [0.1, 0.15) is 19.0 Å². The first-order valence-electron chi connectivity index (χ1n) is 11.4. The molecule has 0 amide bonds. The molecule has 3 rings (SSSR count). The molecule has 3 nitrogen and oxygen atoms in total. The Morgan fingerprint density at radius 2 is 1.36 bits per heavy atom. The normalized spacial score (nSPS) is 11.3. The summed E-state index contributed by atoms with van der Waals surface area (Å²) in [5.74, 6) is -0.991. The fourth-order valence-corrected chi connectivity index (χ4v) is 3.86. The molecule has 1 N–H and O–H groups in total. The van der Waals surface area contributed by atoms with Crippen molar-refractivity contribution in [1.29, 1.82) is 0 Å². The van der Waals surface area contributed by atoms with E-state index in [0.717, 1.165) is 18.8 Å². The molecule has 1 aliphatic rings. The van der Waals surface area contributed by atoms with E-state index in [1.54, 1.807) is 25.1 Å². The largest absolute Gasteiger partial charge is 2.00 e. The molecule has 39 heavy (non-hydrogen) atoms. The molecule has 0 aliphatic carbocycles. The van der Waals surface area contributed by atoms with E-state index in [1.165, 1.54) is 26.4 Å². The molecule has 220 valence electrons. The van der Waals surface area contributed by atoms with Crippen molar-refractivity contribution < 1.29 is 44.6 Å². The fourth-order valence-electron chi connectivity index (χ4n) is 2.32. The van der Waals surface area contributed by atoms with Gasteiger partial charge >= 0.3 is 23.1 Å². The number of carbonyl (C=O) groups is 1. The number of ether oxygens (including phenoxy) is 1. The number of Topliss-reactive ketones (excluding diaryl/α,β-unsaturated/α-hetero) is 1. The van der Waals surface area contributed by atoms with Crippen LogP contribution in [-0.2, 0) is 15.1 Å². The third-order valence-corrected chi connectivity index (χ3v) is 7.28. The number of benzene rings is 2. The van der Waals surface area contributed by atoms with Crippen LogP contribution in [0.2, 0.25) is 0 Å². The number of rotatable bonds is 5. The first kappa shape index (κ1) is 46.5. The van der Waals surface area contributed by atoms with E-state index in [0.29, 0.717) is 4.47 Å². The third kappa shape index (κ3) is 22.7. The first-order chi connectivity index (χ1) is 17.5. The SMILES string of the molecule is C1CCOC1.C[CH-]C.Cc1ccc(Br)c(C(O)(CF)CF)c1.Cc1ccc(Br)c(I)c1.O=C(CF)CF.[Cl-].[Mg+2]. The van der Waals surface area contributed by atoms with Gasteiger partial charge in [0.15, 0.2) is 19.1 Å². The second kappa shape index (κ2) is 28.6. The van der Waals surface area contributed by atoms with Crippen LogP contribution in [0.4, 0.5) is 17.6 Å². The average Bonchev–Trinajstić information content (AvgIpc) is 3.48. The summed E-state index contributed by atoms with van der Waals surface area (Å²) in [6.07, 6.45) is 4.56. The van der Waals surface area contributed by atoms with Crippen LogP contribution < -0.4 is 12.4 Å². The standard InChI is InChI=1S/C10H11BrF2O.C7H6BrI.C4H8O.C3H4F2O.C3H7.ClH.Mg/c1-7-2-3-9(11)8(4-7)10(14,5-12)6-13;1-5-2-3-6(8)7(9)4-5;1-2-4-5-3-1;4-1-3(6)2-5;1-3-2;;/h2-4,14H,5-6H2,1H3;2-4H,1H3;1-4H2;1-2H2;3H,1-2H3;1H;/q;;;;-1;;+2/p-1. The minimum Gasteiger partial charge on any atom is -1.00 e. The van der Waals surface area contributed by atoms with E-state index in [1.807, 2.05) is 20.3 Å². The molecule has 0 radical (unpaired) electrons. The average molecular weight is 831 g/mol. The maximum absolute atomic E-state index is 12.5. The number of halogens is 8. The summed E-state index contributed by atoms with van der Waals surface area (Å²) >= 11 is 8.88. The molecule has 0 unspecified atom stereocenters. The second-order valence-electron chi connectivity index (χ2n) is 7.90. The molecule has 0 saturated carbocycles. The summed E-state index contributed by atoms with van der Waals surface area (Å²) < 4.78 is 54.6. The molecule has 2 aromatic rings. The van der Waals surface area contributed by atoms with Gasteiger partial charge < -0.3 is 28.7 Å². The Morgan fingerprint density at radius 3 is 1.64 bits per heavy atom. The van der Waals surface area contributed by atoms with Gasteiger partial charge in [-0.3, -0.25) is 4.79 Å². The van der Waals surface area contributed by atoms with Gasteiger partial charge in [0.25, 0.3) is 0 Å². The van der Waals surface area contributed by atoms with Crippen molar-refractivity contribution in [3.05, 3.63) is 72.0 Å². The van der Waals surface area contributed by atoms with E-state index < -0.39 is 38.1 Å². The molecular weight excluding hydrogens is 795 g/mol. The van der Waals surface area contributed by atoms with E-state index in [-0.39, 0.29) is 41.0 Å². The predicted molar refractivity (Wildman–Crippen MR) is 165 cm³/mol. The zero-order valence-electron chi connectivity index (χ0n) is 22.7. The molecule has 0 atom stereocenters. The maximum atomic E-state index is 12.5. The Hall–Kier alpha value is 0.496. The van der Waals surface area contributed by atoms with Crippen LogP contribution in [0.3, 0.4) is 0 Å². The second-order valence-corrected chi connectivity index (χ2v) is 10.8. The summed E-state index contributed by atoms with van der Waals surface area (Å²) in [6, 6.07) is 11.3. The molecule has 0 spiro atoms. The minimum atomic E-state index is -2.02. The topological polar surface area (TPSA) is 46.5 Å². The number of hydrogen-bond acceptors (Lipinski definition) is 3. The van der Waals surface area contributed by atoms with Gasteiger partial charge in [0.05, 0.1) is 0 Å². The summed E-state index contributed by atoms with van der Waals surface area (Å²) in [7, 11) is 0. The Bertz CT molecular complexity index is 880. The molecule has 12 heteroatoms. The number of alkyl halides is 4. The minimum absolute atomic E-state index is 0. The number of aliphatic hydroxyl groups is 1. The zero-order chi connectivity index (χ0) is 28.9. The summed E-state index contributed by atoms with van der Waals surface area (Å²) in [5, 5.41) is 9.63. The summed E-state index contributed by atoms with van der Waals surface area (Å²) in [4.78, 5) is 9.43. The molecule has 1 aliphatic heterocycles. The van der Waals surface area contributed by atoms with Crippen molar-refractivity contribution >= 4 is 83.3 Å². The van der Waals surface area contributed by atoms with Gasteiger partial charge in [-0.1, -0.05) is 45.3 Å². The summed E-state index contributed by atoms with van der Waals surface area (Å²) in [5.41, 5.74) is 0.388. The van der Waals surface area contributed by atoms with Gasteiger partial charge in [-0.2, -0.15) is 13.8 Å². The number of ketones is 1. The van der Waals surface area contributed by atoms with Crippen LogP contribution >= 0.6 is 54.5 Å². The van der Waals surface area contributed by atoms with Crippen LogP contribution in [-0.4, -0.2) is 73.9 Å². The van der Waals surface area contributed by atoms with Gasteiger partial charge in [-0.05, 0) is 83.4 Å². The molecule has 1 saturated heterocycles. The van der Waals surface area contributed by atoms with Gasteiger partial charge in [0.2, 0.25) is 0 Å². The number of hydrogen-bond donors (Lipinski definition) is 1. The predicted octanol–water partition coefficient (Wildman–Crippen LogP) is 5.39. The Labute approximate surface area is 283 Å². The van der Waals surface area contributed by atoms with Crippen LogP contribution in [0.1, 0.15) is 43.4 Å². The summed E-state index contributed by atoms with van der Waals surface area (Å²) in [6.45, 7) is 5.26. The van der Waals surface area contributed by atoms with Crippen molar-refractivity contribution in [2.45, 2.75) is 46.1 Å². The van der Waals surface area contributed by atoms with E-state index in [4.69, 9.17) is 4.74 Å². The van der Waals surface area contributed by atoms with E-state index in [9.17, 15) is 27.5 Å². The van der Waals surface area contributed by atoms with Crippen LogP contribution in [0, 0.1) is 23.8 Å². The van der Waals surface area contributed by atoms with Crippen molar-refractivity contribution in [1.82, 2.24) is 0 Å². The van der Waals surface area contributed by atoms with Gasteiger partial charge in [-0.15, -0.1) is 0 Å². The van der Waals surface area contributed by atoms with Crippen molar-refractivity contribution in [3.8, 4) is 0 Å². The van der Waals surface area contributed by atoms with E-state index in [2.05, 4.69) is 79.6 Å². The van der Waals surface area contributed by atoms with Gasteiger partial charge in [-0.25, -0.2) is 17.6 Å². The van der Waals surface area contributed by atoms with Crippen LogP contribution in [0.25, 0.3) is 0 Å². The third-order valence-electron chi connectivity index (χ3n) is 4.27. The molecule has 1 heterocycles. The van der Waals surface area contributed by atoms with E-state index >= 15 is 0 Å². The molecule has 1 fully saturated rings. The molecule has 0 bridgehead atoms. The Balaban J connectivity index is -0.000000212. The van der Waals surface area contributed by atoms with Crippen molar-refractivity contribution in [2.75, 3.05) is 39.9 Å². The Kier molecular flexibility index (Phi) is 34.1. The first-order valence-corrected chi connectivity index (χ1v) is 14.1. The molecular formula is C27H36Br2ClF4IMgO3. The smallest absolute Gasteiger partial charge is 1.00 e. The fraction of sp³-hybridized carbons (Fsp3) is 0.481. The molecule has 0 aromatic heterocycles. The number of carbonyl (C=O) groups excluding carboxylic acids is 1.